The van der Waals surface area contributed by atoms with E-state index in [1.807, 2.05) is 47.1 Å². The normalized spacial score (nSPS) is 19.0. The van der Waals surface area contributed by atoms with Gasteiger partial charge in [0.05, 0.1) is 17.0 Å². The fourth-order valence-electron chi connectivity index (χ4n) is 6.73. The van der Waals surface area contributed by atoms with Crippen molar-refractivity contribution in [3.05, 3.63) is 54.1 Å². The van der Waals surface area contributed by atoms with E-state index in [4.69, 9.17) is 25.3 Å². The number of para-hydroxylation sites is 1. The van der Waals surface area contributed by atoms with Gasteiger partial charge in [-0.2, -0.15) is 9.79 Å². The minimum Gasteiger partial charge on any atom is -0.781 e. The van der Waals surface area contributed by atoms with Crippen molar-refractivity contribution in [1.82, 2.24) is 0 Å². The van der Waals surface area contributed by atoms with E-state index in [0.717, 1.165) is 15.5 Å². The second kappa shape index (κ2) is 18.9. The molecule has 1 N–H and O–H groups in total. The zero-order chi connectivity index (χ0) is 27.9. The molecule has 0 spiro atoms. The number of aliphatic hydroxyl groups is 1. The maximum absolute atomic E-state index is 4.85. The Kier molecular flexibility index (Phi) is 16.1. The molecular weight excluding hydrogens is 621 g/mol. The number of rotatable bonds is 6. The Morgan fingerprint density at radius 2 is 1.05 bits per heavy atom. The van der Waals surface area contributed by atoms with Crippen LogP contribution in [0.2, 0.25) is 0 Å². The van der Waals surface area contributed by atoms with Crippen LogP contribution in [0.25, 0.3) is 0 Å². The van der Waals surface area contributed by atoms with Crippen LogP contribution in [0.3, 0.4) is 0 Å². The first kappa shape index (κ1) is 33.1. The van der Waals surface area contributed by atoms with Gasteiger partial charge < -0.3 is 25.3 Å². The monoisotopic (exact) mass is 672 g/mol. The quantitative estimate of drug-likeness (QED) is 0.131. The molecule has 3 aliphatic rings. The van der Waals surface area contributed by atoms with Crippen LogP contribution in [0.1, 0.15) is 116 Å². The fourth-order valence-corrected chi connectivity index (χ4v) is 12.7. The summed E-state index contributed by atoms with van der Waals surface area (Å²) in [6, 6.07) is 15.6. The number of benzene rings is 2. The number of hydrogen-bond acceptors (Lipinski definition) is 2. The molecule has 39 heavy (non-hydrogen) atoms. The number of ether oxygens (including phenoxy) is 1. The van der Waals surface area contributed by atoms with Gasteiger partial charge in [-0.05, 0) is 77.0 Å². The Morgan fingerprint density at radius 3 is 1.41 bits per heavy atom. The predicted octanol–water partition coefficient (Wildman–Crippen LogP) is 9.73. The third-order valence-electron chi connectivity index (χ3n) is 8.52. The molecule has 2 aromatic carbocycles. The van der Waals surface area contributed by atoms with Gasteiger partial charge in [-0.15, -0.1) is 0 Å². The van der Waals surface area contributed by atoms with Crippen molar-refractivity contribution < 1.29 is 22.6 Å². The summed E-state index contributed by atoms with van der Waals surface area (Å²) in [5.41, 5.74) is 4.86. The molecule has 0 aromatic heterocycles. The Balaban J connectivity index is 0.000000180. The summed E-state index contributed by atoms with van der Waals surface area (Å²) in [6.45, 7) is 4.17. The minimum atomic E-state index is -0.0465. The van der Waals surface area contributed by atoms with E-state index in [-0.39, 0.29) is 7.92 Å². The van der Waals surface area contributed by atoms with E-state index >= 15 is 0 Å². The van der Waals surface area contributed by atoms with E-state index < -0.39 is 0 Å². The van der Waals surface area contributed by atoms with E-state index in [1.54, 1.807) is 96.3 Å². The average Bonchev–Trinajstić information content (AvgIpc) is 2.97. The van der Waals surface area contributed by atoms with E-state index in [9.17, 15) is 0 Å². The molecule has 217 valence electrons. The second-order valence-electron chi connectivity index (χ2n) is 11.8. The minimum absolute atomic E-state index is 0.0465. The van der Waals surface area contributed by atoms with Gasteiger partial charge in [0.15, 0.2) is 0 Å². The van der Waals surface area contributed by atoms with Crippen LogP contribution in [0.4, 0.5) is 0 Å². The SMILES string of the molecule is C1CCC([PH+](C2CCCCC2)C2CCCCC2)CC1.CC(C)[OH+]c1ccccc1[CH]=[Ru+].[S-]c1ccccc1[S-]. The standard InChI is InChI=1S/C18H33P.C10H12O.C6H6S2.Ru/c1-4-10-16(11-5-1)19(17-12-6-2-7-13-17)18-14-8-3-9-15-18;1-8(2)11-10-7-5-4-6-9(10)3;7-5-3-1-2-4-6(5)8;/h16-18H,1-15H2;3-8H,1-2H3;1-4,7-8H;/q;;;+1. The van der Waals surface area contributed by atoms with Gasteiger partial charge in [0.1, 0.15) is 0 Å². The van der Waals surface area contributed by atoms with E-state index in [1.165, 1.54) is 22.5 Å². The summed E-state index contributed by atoms with van der Waals surface area (Å²) in [7, 11) is -0.0465. The van der Waals surface area contributed by atoms with Crippen LogP contribution in [0, 0.1) is 0 Å². The molecule has 0 radical (unpaired) electrons. The average molecular weight is 672 g/mol. The van der Waals surface area contributed by atoms with Crippen LogP contribution in [0.5, 0.6) is 5.75 Å². The molecule has 3 fully saturated rings. The molecule has 3 aliphatic carbocycles. The molecule has 5 rings (SSSR count). The molecule has 1 nitrogen and oxygen atoms in total. The van der Waals surface area contributed by atoms with Crippen LogP contribution in [-0.4, -0.2) is 32.4 Å². The smallest absolute Gasteiger partial charge is 0.0639 e. The Morgan fingerprint density at radius 1 is 0.667 bits per heavy atom. The molecule has 0 amide bonds. The van der Waals surface area contributed by atoms with Crippen LogP contribution in [0.15, 0.2) is 58.3 Å². The summed E-state index contributed by atoms with van der Waals surface area (Å²) in [4.78, 5) is 1.53. The Bertz CT molecular complexity index is 886. The van der Waals surface area contributed by atoms with Crippen molar-refractivity contribution in [3.8, 4) is 5.75 Å². The number of hydrogen-bond donors (Lipinski definition) is 0. The van der Waals surface area contributed by atoms with Crippen LogP contribution >= 0.6 is 7.92 Å². The first-order valence-corrected chi connectivity index (χ1v) is 19.1. The van der Waals surface area contributed by atoms with Gasteiger partial charge in [0.2, 0.25) is 0 Å². The van der Waals surface area contributed by atoms with Crippen molar-refractivity contribution in [1.29, 1.82) is 0 Å². The van der Waals surface area contributed by atoms with Crippen molar-refractivity contribution in [2.45, 2.75) is 143 Å². The number of aromatic hydroxyl groups is 1. The summed E-state index contributed by atoms with van der Waals surface area (Å²) < 4.78 is 6.50. The molecule has 3 saturated carbocycles. The summed E-state index contributed by atoms with van der Waals surface area (Å²) >= 11 is 12.2. The largest absolute Gasteiger partial charge is 0.781 e. The van der Waals surface area contributed by atoms with E-state index in [0.29, 0.717) is 6.10 Å². The Labute approximate surface area is 261 Å². The van der Waals surface area contributed by atoms with E-state index in [2.05, 4.69) is 42.5 Å². The molecule has 0 heterocycles. The molecule has 2 aromatic rings. The first-order valence-electron chi connectivity index (χ1n) is 15.5. The van der Waals surface area contributed by atoms with Crippen molar-refractivity contribution >= 4 is 37.8 Å². The van der Waals surface area contributed by atoms with Crippen molar-refractivity contribution in [2.24, 2.45) is 0 Å². The first-order chi connectivity index (χ1) is 19.0. The van der Waals surface area contributed by atoms with Gasteiger partial charge in [-0.3, -0.25) is 0 Å². The van der Waals surface area contributed by atoms with Gasteiger partial charge in [0, 0.05) is 7.92 Å². The molecule has 0 atom stereocenters. The molecule has 0 aliphatic heterocycles. The Hall–Kier alpha value is -0.397. The van der Waals surface area contributed by atoms with Gasteiger partial charge in [-0.1, -0.05) is 43.5 Å². The molecule has 5 heteroatoms. The van der Waals surface area contributed by atoms with Crippen molar-refractivity contribution in [2.75, 3.05) is 0 Å². The fraction of sp³-hybridized carbons (Fsp3) is 0.618. The molecule has 0 unspecified atom stereocenters. The zero-order valence-electron chi connectivity index (χ0n) is 24.2. The second-order valence-corrected chi connectivity index (χ2v) is 16.7. The van der Waals surface area contributed by atoms with Crippen LogP contribution in [-0.2, 0) is 43.1 Å². The molecule has 0 bridgehead atoms. The van der Waals surface area contributed by atoms with Gasteiger partial charge in [0.25, 0.3) is 0 Å². The maximum Gasteiger partial charge on any atom is -0.0639 e. The molecule has 0 saturated heterocycles. The van der Waals surface area contributed by atoms with Gasteiger partial charge >= 0.3 is 82.7 Å². The third kappa shape index (κ3) is 11.8. The van der Waals surface area contributed by atoms with Crippen molar-refractivity contribution in [3.63, 3.8) is 0 Å². The summed E-state index contributed by atoms with van der Waals surface area (Å²) in [5, 5.41) is 0. The predicted molar refractivity (Wildman–Crippen MR) is 175 cm³/mol. The van der Waals surface area contributed by atoms with Crippen LogP contribution < -0.4 is 0 Å². The summed E-state index contributed by atoms with van der Waals surface area (Å²) in [5.74, 6) is 1.08. The maximum atomic E-state index is 4.85. The topological polar surface area (TPSA) is 12.8 Å². The zero-order valence-corrected chi connectivity index (χ0v) is 28.6. The molecular formula is C34H51OPRuS2+. The third-order valence-corrected chi connectivity index (χ3v) is 14.5. The van der Waals surface area contributed by atoms with Gasteiger partial charge in [-0.25, -0.2) is 0 Å². The summed E-state index contributed by atoms with van der Waals surface area (Å²) in [6.07, 6.45) is 24.2.